The van der Waals surface area contributed by atoms with Gasteiger partial charge in [-0.15, -0.1) is 0 Å². The summed E-state index contributed by atoms with van der Waals surface area (Å²) in [4.78, 5) is 24.1. The van der Waals surface area contributed by atoms with Crippen LogP contribution in [0, 0.1) is 28.6 Å². The van der Waals surface area contributed by atoms with E-state index in [1.54, 1.807) is 0 Å². The number of aromatic amines is 1. The van der Waals surface area contributed by atoms with Crippen LogP contribution in [0.4, 0.5) is 0 Å². The molecule has 1 N–H and O–H groups in total. The molecule has 3 aliphatic rings. The van der Waals surface area contributed by atoms with Crippen molar-refractivity contribution in [3.63, 3.8) is 0 Å². The second-order valence-corrected chi connectivity index (χ2v) is 9.39. The Morgan fingerprint density at radius 3 is 2.85 bits per heavy atom. The van der Waals surface area contributed by atoms with Gasteiger partial charge in [-0.2, -0.15) is 5.10 Å². The van der Waals surface area contributed by atoms with E-state index in [1.165, 1.54) is 18.1 Å². The number of aromatic nitrogens is 2. The number of H-pyrrole nitrogens is 1. The fourth-order valence-electron chi connectivity index (χ4n) is 6.32. The van der Waals surface area contributed by atoms with E-state index in [-0.39, 0.29) is 34.7 Å². The Morgan fingerprint density at radius 1 is 1.37 bits per heavy atom. The lowest BCUT2D eigenvalue weighted by molar-refractivity contribution is -0.169. The maximum absolute atomic E-state index is 12.1. The normalized spacial score (nSPS) is 40.9. The Balaban J connectivity index is 1.73. The monoisotopic (exact) mass is 370 g/mol. The second kappa shape index (κ2) is 6.32. The van der Waals surface area contributed by atoms with Crippen molar-refractivity contribution in [1.29, 1.82) is 0 Å². The number of ether oxygens (including phenoxy) is 1. The number of esters is 1. The van der Waals surface area contributed by atoms with E-state index in [4.69, 9.17) is 4.74 Å². The second-order valence-electron chi connectivity index (χ2n) is 9.39. The molecule has 5 nitrogen and oxygen atoms in total. The van der Waals surface area contributed by atoms with Crippen molar-refractivity contribution < 1.29 is 14.3 Å². The number of allylic oxidation sites excluding steroid dienone is 1. The van der Waals surface area contributed by atoms with Crippen LogP contribution in [0.3, 0.4) is 0 Å². The molecule has 2 saturated carbocycles. The molecule has 0 bridgehead atoms. The molecule has 0 spiro atoms. The molecule has 2 fully saturated rings. The minimum atomic E-state index is -0.232. The molecule has 0 radical (unpaired) electrons. The van der Waals surface area contributed by atoms with Crippen molar-refractivity contribution in [2.45, 2.75) is 65.4 Å². The molecule has 0 aromatic carbocycles. The van der Waals surface area contributed by atoms with Gasteiger partial charge < -0.3 is 9.53 Å². The molecule has 5 heteroatoms. The highest BCUT2D eigenvalue weighted by molar-refractivity contribution is 5.66. The number of carbonyl (C=O) groups is 2. The minimum Gasteiger partial charge on any atom is -0.462 e. The zero-order valence-electron chi connectivity index (χ0n) is 16.6. The lowest BCUT2D eigenvalue weighted by atomic mass is 9.52. The van der Waals surface area contributed by atoms with Gasteiger partial charge in [0, 0.05) is 30.4 Å². The summed E-state index contributed by atoms with van der Waals surface area (Å²) >= 11 is 0. The summed E-state index contributed by atoms with van der Waals surface area (Å²) in [5, 5.41) is 7.24. The lowest BCUT2D eigenvalue weighted by Gasteiger charge is -2.54. The third-order valence-corrected chi connectivity index (χ3v) is 8.11. The third-order valence-electron chi connectivity index (χ3n) is 8.11. The van der Waals surface area contributed by atoms with Gasteiger partial charge in [0.15, 0.2) is 0 Å². The van der Waals surface area contributed by atoms with Crippen molar-refractivity contribution in [1.82, 2.24) is 10.2 Å². The highest BCUT2D eigenvalue weighted by Gasteiger charge is 2.58. The van der Waals surface area contributed by atoms with Crippen LogP contribution in [-0.4, -0.2) is 28.6 Å². The summed E-state index contributed by atoms with van der Waals surface area (Å²) in [5.74, 6) is 0.145. The smallest absolute Gasteiger partial charge is 0.302 e. The van der Waals surface area contributed by atoms with Crippen LogP contribution in [0.1, 0.15) is 57.7 Å². The average Bonchev–Trinajstić information content (AvgIpc) is 3.17. The summed E-state index contributed by atoms with van der Waals surface area (Å²) in [6, 6.07) is 0. The van der Waals surface area contributed by atoms with Crippen LogP contribution in [-0.2, 0) is 27.2 Å². The first-order valence-corrected chi connectivity index (χ1v) is 10.1. The Kier molecular flexibility index (Phi) is 4.32. The van der Waals surface area contributed by atoms with Gasteiger partial charge in [-0.05, 0) is 54.9 Å². The number of nitrogens with one attached hydrogen (secondary N) is 1. The third kappa shape index (κ3) is 2.69. The molecule has 0 saturated heterocycles. The van der Waals surface area contributed by atoms with Crippen molar-refractivity contribution >= 4 is 12.3 Å². The van der Waals surface area contributed by atoms with E-state index in [0.29, 0.717) is 12.3 Å². The fourth-order valence-corrected chi connectivity index (χ4v) is 6.32. The molecule has 0 unspecified atom stereocenters. The van der Waals surface area contributed by atoms with E-state index < -0.39 is 0 Å². The first-order chi connectivity index (χ1) is 12.8. The Labute approximate surface area is 160 Å². The SMILES string of the molecule is C=C1CC[C@H]2[C@H](OC(C)=O)[C@@H]([C@@]3(C)Cc4cn[nH]c4C[C@@H]3C=O)CC[C@]12C. The maximum Gasteiger partial charge on any atom is 0.302 e. The Hall–Kier alpha value is -1.91. The first kappa shape index (κ1) is 18.5. The molecule has 1 aromatic heterocycles. The predicted octanol–water partition coefficient (Wildman–Crippen LogP) is 3.64. The molecular formula is C22H30N2O3. The van der Waals surface area contributed by atoms with E-state index in [1.807, 2.05) is 6.20 Å². The molecule has 1 heterocycles. The zero-order chi connectivity index (χ0) is 19.4. The van der Waals surface area contributed by atoms with Crippen LogP contribution < -0.4 is 0 Å². The molecular weight excluding hydrogens is 340 g/mol. The molecule has 4 rings (SSSR count). The van der Waals surface area contributed by atoms with Gasteiger partial charge in [0.05, 0.1) is 6.20 Å². The molecule has 3 aliphatic carbocycles. The van der Waals surface area contributed by atoms with Crippen molar-refractivity contribution in [2.24, 2.45) is 28.6 Å². The van der Waals surface area contributed by atoms with Crippen LogP contribution in [0.2, 0.25) is 0 Å². The van der Waals surface area contributed by atoms with Crippen molar-refractivity contribution in [3.8, 4) is 0 Å². The Morgan fingerprint density at radius 2 is 2.15 bits per heavy atom. The van der Waals surface area contributed by atoms with Gasteiger partial charge in [0.1, 0.15) is 12.4 Å². The number of aldehydes is 1. The van der Waals surface area contributed by atoms with Crippen LogP contribution in [0.25, 0.3) is 0 Å². The molecule has 1 aromatic rings. The lowest BCUT2D eigenvalue weighted by Crippen LogP contribution is -2.54. The average molecular weight is 370 g/mol. The highest BCUT2D eigenvalue weighted by Crippen LogP contribution is 2.61. The van der Waals surface area contributed by atoms with E-state index in [9.17, 15) is 9.59 Å². The topological polar surface area (TPSA) is 72.0 Å². The summed E-state index contributed by atoms with van der Waals surface area (Å²) in [6.45, 7) is 10.3. The number of carbonyl (C=O) groups excluding carboxylic acids is 2. The molecule has 27 heavy (non-hydrogen) atoms. The van der Waals surface area contributed by atoms with E-state index >= 15 is 0 Å². The van der Waals surface area contributed by atoms with Crippen molar-refractivity contribution in [3.05, 3.63) is 29.6 Å². The summed E-state index contributed by atoms with van der Waals surface area (Å²) in [5.41, 5.74) is 3.37. The predicted molar refractivity (Wildman–Crippen MR) is 102 cm³/mol. The number of hydrogen-bond donors (Lipinski definition) is 1. The van der Waals surface area contributed by atoms with E-state index in [0.717, 1.165) is 44.1 Å². The van der Waals surface area contributed by atoms with Gasteiger partial charge in [-0.3, -0.25) is 9.89 Å². The molecule has 0 amide bonds. The summed E-state index contributed by atoms with van der Waals surface area (Å²) < 4.78 is 5.99. The van der Waals surface area contributed by atoms with Gasteiger partial charge in [-0.25, -0.2) is 0 Å². The Bertz CT molecular complexity index is 784. The number of nitrogens with zero attached hydrogens (tertiary/aromatic N) is 1. The van der Waals surface area contributed by atoms with Gasteiger partial charge >= 0.3 is 5.97 Å². The number of hydrogen-bond acceptors (Lipinski definition) is 4. The molecule has 0 aliphatic heterocycles. The first-order valence-electron chi connectivity index (χ1n) is 10.1. The largest absolute Gasteiger partial charge is 0.462 e. The van der Waals surface area contributed by atoms with Gasteiger partial charge in [-0.1, -0.05) is 26.0 Å². The fraction of sp³-hybridized carbons (Fsp3) is 0.682. The van der Waals surface area contributed by atoms with E-state index in [2.05, 4.69) is 30.6 Å². The van der Waals surface area contributed by atoms with Crippen LogP contribution in [0.5, 0.6) is 0 Å². The van der Waals surface area contributed by atoms with Gasteiger partial charge in [0.25, 0.3) is 0 Å². The van der Waals surface area contributed by atoms with Crippen LogP contribution >= 0.6 is 0 Å². The minimum absolute atomic E-state index is 0.0408. The zero-order valence-corrected chi connectivity index (χ0v) is 16.6. The van der Waals surface area contributed by atoms with Gasteiger partial charge in [0.2, 0.25) is 0 Å². The standard InChI is InChI=1S/C22H30N2O3/c1-13-5-6-17-20(27-14(2)26)18(7-8-21(13,17)3)22(4)10-15-11-23-24-19(15)9-16(22)12-25/h11-12,16-18,20H,1,5-10H2,2-4H3,(H,23,24)/t16-,17+,18+,20+,21-,22+/m1/s1. The van der Waals surface area contributed by atoms with Crippen molar-refractivity contribution in [2.75, 3.05) is 0 Å². The number of fused-ring (bicyclic) bond motifs is 2. The summed E-state index contributed by atoms with van der Waals surface area (Å²) in [7, 11) is 0. The molecule has 6 atom stereocenters. The quantitative estimate of drug-likeness (QED) is 0.501. The van der Waals surface area contributed by atoms with Crippen LogP contribution in [0.15, 0.2) is 18.3 Å². The molecule has 146 valence electrons. The number of rotatable bonds is 3. The summed E-state index contributed by atoms with van der Waals surface area (Å²) in [6.07, 6.45) is 8.36. The maximum atomic E-state index is 12.1. The highest BCUT2D eigenvalue weighted by atomic mass is 16.5.